The Morgan fingerprint density at radius 2 is 2.29 bits per heavy atom. The molecule has 1 aliphatic heterocycles. The van der Waals surface area contributed by atoms with E-state index >= 15 is 0 Å². The third-order valence-corrected chi connectivity index (χ3v) is 4.30. The van der Waals surface area contributed by atoms with Gasteiger partial charge in [0, 0.05) is 41.4 Å². The number of fused-ring (bicyclic) bond motifs is 1. The Labute approximate surface area is 130 Å². The topological polar surface area (TPSA) is 40.2 Å². The van der Waals surface area contributed by atoms with Crippen LogP contribution in [0.5, 0.6) is 5.75 Å². The van der Waals surface area contributed by atoms with Crippen LogP contribution in [0, 0.1) is 0 Å². The molecular formula is C17H21ClN2O. The van der Waals surface area contributed by atoms with Gasteiger partial charge in [-0.15, -0.1) is 0 Å². The normalized spacial score (nSPS) is 14.8. The van der Waals surface area contributed by atoms with Crippen LogP contribution >= 0.6 is 11.6 Å². The molecule has 1 aromatic heterocycles. The highest BCUT2D eigenvalue weighted by Gasteiger charge is 2.18. The molecule has 21 heavy (non-hydrogen) atoms. The number of aromatic nitrogens is 1. The van der Waals surface area contributed by atoms with Crippen molar-refractivity contribution in [2.45, 2.75) is 38.8 Å². The molecule has 0 saturated carbocycles. The van der Waals surface area contributed by atoms with Crippen molar-refractivity contribution in [1.29, 1.82) is 0 Å². The first kappa shape index (κ1) is 14.5. The molecule has 0 radical (unpaired) electrons. The summed E-state index contributed by atoms with van der Waals surface area (Å²) in [5.41, 5.74) is 9.71. The Hall–Kier alpha value is -1.45. The van der Waals surface area contributed by atoms with Gasteiger partial charge in [0.05, 0.1) is 13.2 Å². The van der Waals surface area contributed by atoms with Crippen molar-refractivity contribution in [3.63, 3.8) is 0 Å². The SMILES string of the molecule is CCC(N)Cc1cccn1Cc1cc(Cl)cc2c1OCC2. The molecule has 112 valence electrons. The van der Waals surface area contributed by atoms with Crippen LogP contribution in [-0.2, 0) is 19.4 Å². The Kier molecular flexibility index (Phi) is 4.22. The predicted octanol–water partition coefficient (Wildman–Crippen LogP) is 3.40. The van der Waals surface area contributed by atoms with Gasteiger partial charge in [-0.05, 0) is 36.2 Å². The smallest absolute Gasteiger partial charge is 0.127 e. The number of benzene rings is 1. The lowest BCUT2D eigenvalue weighted by Crippen LogP contribution is -2.23. The maximum Gasteiger partial charge on any atom is 0.127 e. The van der Waals surface area contributed by atoms with E-state index in [9.17, 15) is 0 Å². The Bertz CT molecular complexity index is 636. The van der Waals surface area contributed by atoms with Gasteiger partial charge in [0.2, 0.25) is 0 Å². The first-order valence-corrected chi connectivity index (χ1v) is 7.89. The summed E-state index contributed by atoms with van der Waals surface area (Å²) in [4.78, 5) is 0. The molecule has 1 unspecified atom stereocenters. The summed E-state index contributed by atoms with van der Waals surface area (Å²) < 4.78 is 8.02. The lowest BCUT2D eigenvalue weighted by Gasteiger charge is -2.15. The van der Waals surface area contributed by atoms with Crippen LogP contribution in [0.25, 0.3) is 0 Å². The fourth-order valence-electron chi connectivity index (χ4n) is 2.85. The van der Waals surface area contributed by atoms with E-state index in [-0.39, 0.29) is 6.04 Å². The van der Waals surface area contributed by atoms with Crippen molar-refractivity contribution in [3.8, 4) is 5.75 Å². The van der Waals surface area contributed by atoms with E-state index < -0.39 is 0 Å². The number of hydrogen-bond acceptors (Lipinski definition) is 2. The van der Waals surface area contributed by atoms with E-state index in [4.69, 9.17) is 22.1 Å². The third-order valence-electron chi connectivity index (χ3n) is 4.09. The van der Waals surface area contributed by atoms with Gasteiger partial charge in [0.25, 0.3) is 0 Å². The lowest BCUT2D eigenvalue weighted by molar-refractivity contribution is 0.352. The molecule has 3 nitrogen and oxygen atoms in total. The van der Waals surface area contributed by atoms with Gasteiger partial charge in [-0.25, -0.2) is 0 Å². The van der Waals surface area contributed by atoms with Crippen molar-refractivity contribution in [2.24, 2.45) is 5.73 Å². The average Bonchev–Trinajstić information content (AvgIpc) is 3.08. The van der Waals surface area contributed by atoms with Crippen LogP contribution in [0.1, 0.15) is 30.2 Å². The number of nitrogens with two attached hydrogens (primary N) is 1. The van der Waals surface area contributed by atoms with E-state index in [0.717, 1.165) is 48.7 Å². The molecule has 2 heterocycles. The summed E-state index contributed by atoms with van der Waals surface area (Å²) >= 11 is 6.23. The van der Waals surface area contributed by atoms with Crippen molar-refractivity contribution < 1.29 is 4.74 Å². The molecule has 0 bridgehead atoms. The monoisotopic (exact) mass is 304 g/mol. The summed E-state index contributed by atoms with van der Waals surface area (Å²) in [6, 6.07) is 8.44. The van der Waals surface area contributed by atoms with Crippen LogP contribution in [0.3, 0.4) is 0 Å². The molecule has 3 rings (SSSR count). The van der Waals surface area contributed by atoms with Gasteiger partial charge in [-0.2, -0.15) is 0 Å². The molecular weight excluding hydrogens is 284 g/mol. The van der Waals surface area contributed by atoms with Crippen LogP contribution < -0.4 is 10.5 Å². The van der Waals surface area contributed by atoms with E-state index in [1.165, 1.54) is 11.3 Å². The van der Waals surface area contributed by atoms with E-state index in [1.807, 2.05) is 12.1 Å². The standard InChI is InChI=1S/C17H21ClN2O/c1-2-15(19)10-16-4-3-6-20(16)11-13-9-14(18)8-12-5-7-21-17(12)13/h3-4,6,8-9,15H,2,5,7,10-11,19H2,1H3. The maximum absolute atomic E-state index is 6.23. The number of nitrogens with zero attached hydrogens (tertiary/aromatic N) is 1. The minimum Gasteiger partial charge on any atom is -0.493 e. The van der Waals surface area contributed by atoms with Gasteiger partial charge in [-0.3, -0.25) is 0 Å². The van der Waals surface area contributed by atoms with Crippen molar-refractivity contribution in [3.05, 3.63) is 52.3 Å². The molecule has 1 atom stereocenters. The summed E-state index contributed by atoms with van der Waals surface area (Å²) in [7, 11) is 0. The van der Waals surface area contributed by atoms with E-state index in [2.05, 4.69) is 29.8 Å². The number of halogens is 1. The lowest BCUT2D eigenvalue weighted by atomic mass is 10.1. The van der Waals surface area contributed by atoms with Gasteiger partial charge >= 0.3 is 0 Å². The Balaban J connectivity index is 1.86. The molecule has 2 N–H and O–H groups in total. The van der Waals surface area contributed by atoms with Crippen LogP contribution in [-0.4, -0.2) is 17.2 Å². The molecule has 4 heteroatoms. The zero-order valence-corrected chi connectivity index (χ0v) is 13.1. The fourth-order valence-corrected chi connectivity index (χ4v) is 3.11. The van der Waals surface area contributed by atoms with Crippen LogP contribution in [0.15, 0.2) is 30.5 Å². The minimum absolute atomic E-state index is 0.208. The molecule has 0 fully saturated rings. The number of hydrogen-bond donors (Lipinski definition) is 1. The quantitative estimate of drug-likeness (QED) is 0.919. The van der Waals surface area contributed by atoms with Crippen LogP contribution in [0.2, 0.25) is 5.02 Å². The summed E-state index contributed by atoms with van der Waals surface area (Å²) in [5.74, 6) is 1.01. The molecule has 0 saturated heterocycles. The first-order chi connectivity index (χ1) is 10.2. The first-order valence-electron chi connectivity index (χ1n) is 7.51. The van der Waals surface area contributed by atoms with Crippen molar-refractivity contribution >= 4 is 11.6 Å². The Morgan fingerprint density at radius 1 is 1.43 bits per heavy atom. The molecule has 2 aromatic rings. The second-order valence-corrected chi connectivity index (χ2v) is 6.09. The highest BCUT2D eigenvalue weighted by Crippen LogP contribution is 2.33. The van der Waals surface area contributed by atoms with Gasteiger partial charge in [0.1, 0.15) is 5.75 Å². The highest BCUT2D eigenvalue weighted by atomic mass is 35.5. The average molecular weight is 305 g/mol. The number of rotatable bonds is 5. The zero-order valence-electron chi connectivity index (χ0n) is 12.3. The van der Waals surface area contributed by atoms with Crippen LogP contribution in [0.4, 0.5) is 0 Å². The summed E-state index contributed by atoms with van der Waals surface area (Å²) in [5, 5.41) is 0.785. The highest BCUT2D eigenvalue weighted by molar-refractivity contribution is 6.30. The molecule has 0 amide bonds. The molecule has 1 aliphatic rings. The third kappa shape index (κ3) is 3.09. The number of ether oxygens (including phenoxy) is 1. The zero-order chi connectivity index (χ0) is 14.8. The molecule has 0 spiro atoms. The Morgan fingerprint density at radius 3 is 3.10 bits per heavy atom. The molecule has 0 aliphatic carbocycles. The minimum atomic E-state index is 0.208. The van der Waals surface area contributed by atoms with Gasteiger partial charge in [-0.1, -0.05) is 18.5 Å². The van der Waals surface area contributed by atoms with Crippen molar-refractivity contribution in [1.82, 2.24) is 4.57 Å². The largest absolute Gasteiger partial charge is 0.493 e. The predicted molar refractivity (Wildman–Crippen MR) is 86.2 cm³/mol. The van der Waals surface area contributed by atoms with Gasteiger partial charge < -0.3 is 15.0 Å². The maximum atomic E-state index is 6.23. The fraction of sp³-hybridized carbons (Fsp3) is 0.412. The summed E-state index contributed by atoms with van der Waals surface area (Å²) in [6.45, 7) is 3.65. The second kappa shape index (κ2) is 6.12. The molecule has 1 aromatic carbocycles. The summed E-state index contributed by atoms with van der Waals surface area (Å²) in [6.07, 6.45) is 4.93. The van der Waals surface area contributed by atoms with Gasteiger partial charge in [0.15, 0.2) is 0 Å². The second-order valence-electron chi connectivity index (χ2n) is 5.65. The van der Waals surface area contributed by atoms with E-state index in [1.54, 1.807) is 0 Å². The van der Waals surface area contributed by atoms with E-state index in [0.29, 0.717) is 0 Å². The van der Waals surface area contributed by atoms with Crippen molar-refractivity contribution in [2.75, 3.05) is 6.61 Å².